The number of hydrogen-bond acceptors (Lipinski definition) is 19. The maximum absolute atomic E-state index is 4.85. The molecule has 12 heterocycles. The molecule has 606 valence electrons. The number of thiophene rings is 1. The second-order valence-electron chi connectivity index (χ2n) is 26.8. The number of aromatic nitrogens is 15. The number of aliphatic imine (C=N–C) groups is 2. The summed E-state index contributed by atoms with van der Waals surface area (Å²) in [5, 5.41) is 21.4. The highest BCUT2D eigenvalue weighted by Gasteiger charge is 2.08. The SMILES string of the molecule is C.C.C.C.CC1=NC(C)=C(C)C1.CC1=NCC(C)=C1C.Cc1cc(C)c(C)c(C)c1C.Cc1cc(C)c(C)c(C)n1.Cc1cc(C)c(C)nc1C.Cc1cc(C)c(C)s1.Cc1cnc(C)c(C)c1C.Cc1nc[nH]c1C.Cc1ncn[nH]1.Cc1ncnc(C)c1C.Cc1ncoc1C.Cc1nnco1.Cc1nncs1. The molecule has 0 bridgehead atoms. The van der Waals surface area contributed by atoms with Gasteiger partial charge in [0.15, 0.2) is 6.39 Å². The molecule has 2 N–H and O–H groups in total. The van der Waals surface area contributed by atoms with Gasteiger partial charge in [-0.1, -0.05) is 41.8 Å². The van der Waals surface area contributed by atoms with E-state index in [1.807, 2.05) is 108 Å². The first-order valence-electron chi connectivity index (χ1n) is 35.5. The van der Waals surface area contributed by atoms with E-state index >= 15 is 0 Å². The Morgan fingerprint density at radius 2 is 0.964 bits per heavy atom. The Balaban J connectivity index is -0.000000554. The summed E-state index contributed by atoms with van der Waals surface area (Å²) >= 11 is 3.42. The zero-order valence-electron chi connectivity index (χ0n) is 71.1. The van der Waals surface area contributed by atoms with Crippen molar-refractivity contribution in [3.05, 3.63) is 257 Å². The third-order valence-corrected chi connectivity index (χ3v) is 20.0. The Morgan fingerprint density at radius 1 is 0.418 bits per heavy atom. The van der Waals surface area contributed by atoms with Gasteiger partial charge in [-0.3, -0.25) is 30.0 Å². The molecule has 0 fully saturated rings. The van der Waals surface area contributed by atoms with Crippen molar-refractivity contribution in [3.63, 3.8) is 0 Å². The van der Waals surface area contributed by atoms with E-state index < -0.39 is 0 Å². The number of imidazole rings is 1. The zero-order valence-corrected chi connectivity index (χ0v) is 72.7. The molecule has 11 aromatic rings. The number of aryl methyl sites for hydroxylation is 23. The van der Waals surface area contributed by atoms with Crippen molar-refractivity contribution in [2.75, 3.05) is 6.54 Å². The Hall–Kier alpha value is -9.47. The lowest BCUT2D eigenvalue weighted by Crippen LogP contribution is -1.93. The van der Waals surface area contributed by atoms with E-state index in [1.165, 1.54) is 141 Å². The predicted molar refractivity (Wildman–Crippen MR) is 473 cm³/mol. The molecule has 13 rings (SSSR count). The average Bonchev–Trinajstić information content (AvgIpc) is 1.49. The number of rotatable bonds is 0. The summed E-state index contributed by atoms with van der Waals surface area (Å²) in [6.45, 7) is 75.2. The number of benzene rings is 1. The highest BCUT2D eigenvalue weighted by Crippen LogP contribution is 2.22. The molecule has 10 aromatic heterocycles. The van der Waals surface area contributed by atoms with Gasteiger partial charge < -0.3 is 13.8 Å². The van der Waals surface area contributed by atoms with Crippen LogP contribution in [0.1, 0.15) is 245 Å². The van der Waals surface area contributed by atoms with Crippen molar-refractivity contribution in [2.24, 2.45) is 9.98 Å². The van der Waals surface area contributed by atoms with Crippen LogP contribution in [-0.2, 0) is 0 Å². The molecule has 0 aliphatic carbocycles. The summed E-state index contributed by atoms with van der Waals surface area (Å²) in [4.78, 5) is 46.9. The van der Waals surface area contributed by atoms with Crippen LogP contribution in [0.5, 0.6) is 0 Å². The Labute approximate surface area is 673 Å². The van der Waals surface area contributed by atoms with E-state index in [4.69, 9.17) is 4.42 Å². The van der Waals surface area contributed by atoms with Gasteiger partial charge in [0.05, 0.1) is 24.3 Å². The molecule has 2 aliphatic rings. The number of pyridine rings is 3. The van der Waals surface area contributed by atoms with Crippen molar-refractivity contribution in [3.8, 4) is 0 Å². The van der Waals surface area contributed by atoms with Gasteiger partial charge in [-0.05, 0) is 349 Å². The summed E-state index contributed by atoms with van der Waals surface area (Å²) < 4.78 is 9.46. The van der Waals surface area contributed by atoms with Gasteiger partial charge in [-0.25, -0.2) is 24.9 Å². The van der Waals surface area contributed by atoms with E-state index in [-0.39, 0.29) is 29.7 Å². The zero-order chi connectivity index (χ0) is 80.8. The van der Waals surface area contributed by atoms with Crippen molar-refractivity contribution < 1.29 is 8.83 Å². The molecule has 0 atom stereocenters. The minimum Gasteiger partial charge on any atom is -0.449 e. The van der Waals surface area contributed by atoms with Crippen LogP contribution in [0, 0.1) is 208 Å². The van der Waals surface area contributed by atoms with E-state index in [9.17, 15) is 0 Å². The molecule has 0 amide bonds. The summed E-state index contributed by atoms with van der Waals surface area (Å²) in [5.74, 6) is 2.37. The van der Waals surface area contributed by atoms with E-state index in [2.05, 4.69) is 266 Å². The number of allylic oxidation sites excluding steroid dienone is 3. The highest BCUT2D eigenvalue weighted by atomic mass is 32.1. The van der Waals surface area contributed by atoms with E-state index in [0.29, 0.717) is 5.89 Å². The lowest BCUT2D eigenvalue weighted by Gasteiger charge is -2.10. The Morgan fingerprint density at radius 3 is 1.22 bits per heavy atom. The lowest BCUT2D eigenvalue weighted by molar-refractivity contribution is 0.518. The quantitative estimate of drug-likeness (QED) is 0.143. The van der Waals surface area contributed by atoms with Crippen LogP contribution in [0.25, 0.3) is 0 Å². The molecule has 21 heteroatoms. The van der Waals surface area contributed by atoms with Crippen LogP contribution in [-0.4, -0.2) is 93.4 Å². The Bertz CT molecular complexity index is 4230. The maximum atomic E-state index is 4.85. The van der Waals surface area contributed by atoms with Crippen LogP contribution >= 0.6 is 22.7 Å². The smallest absolute Gasteiger partial charge is 0.213 e. The third-order valence-electron chi connectivity index (χ3n) is 18.4. The minimum absolute atomic E-state index is 0. The van der Waals surface area contributed by atoms with Crippen molar-refractivity contribution in [1.29, 1.82) is 0 Å². The van der Waals surface area contributed by atoms with Crippen LogP contribution in [0.2, 0.25) is 0 Å². The number of oxazole rings is 1. The molecule has 2 aliphatic heterocycles. The van der Waals surface area contributed by atoms with Crippen LogP contribution < -0.4 is 0 Å². The predicted octanol–water partition coefficient (Wildman–Crippen LogP) is 24.4. The second-order valence-corrected chi connectivity index (χ2v) is 29.3. The highest BCUT2D eigenvalue weighted by molar-refractivity contribution is 7.12. The fourth-order valence-electron chi connectivity index (χ4n) is 9.06. The van der Waals surface area contributed by atoms with E-state index in [1.54, 1.807) is 36.4 Å². The largest absolute Gasteiger partial charge is 0.449 e. The van der Waals surface area contributed by atoms with Gasteiger partial charge >= 0.3 is 0 Å². The molecule has 1 aromatic carbocycles. The van der Waals surface area contributed by atoms with Gasteiger partial charge in [0.2, 0.25) is 12.3 Å². The molecule has 0 unspecified atom stereocenters. The monoisotopic (exact) mass is 1540 g/mol. The van der Waals surface area contributed by atoms with Gasteiger partial charge in [0.1, 0.15) is 34.8 Å². The first-order chi connectivity index (χ1) is 49.5. The fraction of sp³-hybridized carbons (Fsp3) is 0.472. The molecule has 0 spiro atoms. The second kappa shape index (κ2) is 55.0. The summed E-state index contributed by atoms with van der Waals surface area (Å²) in [6.07, 6.45) is 10.5. The van der Waals surface area contributed by atoms with Crippen molar-refractivity contribution in [2.45, 2.75) is 285 Å². The molecule has 0 radical (unpaired) electrons. The van der Waals surface area contributed by atoms with Gasteiger partial charge in [-0.2, -0.15) is 5.10 Å². The number of nitrogens with zero attached hydrogens (tertiary/aromatic N) is 15. The van der Waals surface area contributed by atoms with Crippen LogP contribution in [0.3, 0.4) is 0 Å². The third kappa shape index (κ3) is 40.8. The maximum Gasteiger partial charge on any atom is 0.213 e. The van der Waals surface area contributed by atoms with Crippen molar-refractivity contribution in [1.82, 2.24) is 75.4 Å². The van der Waals surface area contributed by atoms with Gasteiger partial charge in [0, 0.05) is 92.0 Å². The van der Waals surface area contributed by atoms with E-state index in [0.717, 1.165) is 86.5 Å². The summed E-state index contributed by atoms with van der Waals surface area (Å²) in [6, 6.07) is 8.78. The molecule has 0 saturated heterocycles. The topological polar surface area (TPSA) is 250 Å². The normalized spacial score (nSPS) is 10.8. The summed E-state index contributed by atoms with van der Waals surface area (Å²) in [7, 11) is 0. The van der Waals surface area contributed by atoms with Crippen LogP contribution in [0.15, 0.2) is 109 Å². The number of nitrogens with one attached hydrogen (secondary N) is 2. The van der Waals surface area contributed by atoms with Crippen molar-refractivity contribution >= 4 is 34.1 Å². The number of hydrogen-bond donors (Lipinski definition) is 2. The average molecular weight is 1550 g/mol. The molecular formula is C89H141N17O2S2. The summed E-state index contributed by atoms with van der Waals surface area (Å²) in [5.41, 5.74) is 39.6. The molecular weight excluding hydrogens is 1400 g/mol. The molecule has 110 heavy (non-hydrogen) atoms. The minimum atomic E-state index is 0. The number of H-pyrrole nitrogens is 2. The van der Waals surface area contributed by atoms with Crippen LogP contribution in [0.4, 0.5) is 0 Å². The standard InChI is InChI=1S/C11H16.3C9H13N.C7H10N2.2C7H11N.C7H10S.C5H8N2.C5H7NO.C3H5N3.C3H4N2O.C3H4N2S.4CH4/c1-7-6-8(2)10(4)11(5)9(7)3;1-6-5-10-9(4)8(3)7(6)2;1-6-5-7(2)10-9(4)8(6)3;1-6-5-7(2)9(4)10-8(6)3;1-5-6(2)8-4-9-7(5)3;1-5-4-8-7(3)6(5)2;2*1-5-4-6(2)8-7(5)3;2*1-4-5(2)7-3-6-4;1-3-4-2-5-6-3;2*1-3-5-4-2-6-3;;;;/h6H,1-5H3;3*5H,1-4H3;4H,1-3H3;2*4H2,1-3H3;4H,1-3H3;3H,1-2H3,(H,6,7);3H,1-2H3;2H,1H3,(H,4,5,6);2*2H,1H3;4*1H4. The first-order valence-corrected chi connectivity index (χ1v) is 37.2. The molecule has 0 saturated carbocycles. The Kier molecular flexibility index (Phi) is 53.5. The number of aromatic amines is 2. The van der Waals surface area contributed by atoms with Gasteiger partial charge in [-0.15, -0.1) is 43.1 Å². The molecule has 19 nitrogen and oxygen atoms in total. The lowest BCUT2D eigenvalue weighted by atomic mass is 9.96. The fourth-order valence-corrected chi connectivity index (χ4v) is 10.3. The van der Waals surface area contributed by atoms with Gasteiger partial charge in [0.25, 0.3) is 0 Å². The first kappa shape index (κ1) is 107.